The average Bonchev–Trinajstić information content (AvgIpc) is 2.63. The molecule has 1 atom stereocenters. The number of carbonyl (C=O) groups excluding carboxylic acids is 2. The molecule has 2 amide bonds. The number of hydrogen-bond donors (Lipinski definition) is 2. The van der Waals surface area contributed by atoms with E-state index in [2.05, 4.69) is 29.7 Å². The normalized spacial score (nSPS) is 11.6. The van der Waals surface area contributed by atoms with Crippen molar-refractivity contribution in [3.63, 3.8) is 0 Å². The van der Waals surface area contributed by atoms with Gasteiger partial charge in [-0.15, -0.1) is 0 Å². The van der Waals surface area contributed by atoms with Crippen molar-refractivity contribution in [2.24, 2.45) is 0 Å². The Morgan fingerprint density at radius 3 is 2.44 bits per heavy atom. The Hall–Kier alpha value is -2.62. The van der Waals surface area contributed by atoms with Crippen LogP contribution in [-0.2, 0) is 4.79 Å². The molecule has 4 nitrogen and oxygen atoms in total. The van der Waals surface area contributed by atoms with Crippen molar-refractivity contribution in [1.29, 1.82) is 0 Å². The summed E-state index contributed by atoms with van der Waals surface area (Å²) in [5.41, 5.74) is 2.89. The third kappa shape index (κ3) is 6.07. The summed E-state index contributed by atoms with van der Waals surface area (Å²) in [7, 11) is 0. The van der Waals surface area contributed by atoms with Crippen LogP contribution in [-0.4, -0.2) is 24.9 Å². The van der Waals surface area contributed by atoms with Gasteiger partial charge in [0.1, 0.15) is 0 Å². The summed E-state index contributed by atoms with van der Waals surface area (Å²) in [5, 5.41) is 5.76. The molecule has 4 heteroatoms. The number of aryl methyl sites for hydroxylation is 1. The van der Waals surface area contributed by atoms with Crippen molar-refractivity contribution in [3.8, 4) is 0 Å². The van der Waals surface area contributed by atoms with E-state index in [1.165, 1.54) is 5.56 Å². The fourth-order valence-corrected chi connectivity index (χ4v) is 2.73. The monoisotopic (exact) mass is 338 g/mol. The maximum Gasteiger partial charge on any atom is 0.251 e. The number of carbonyl (C=O) groups is 2. The van der Waals surface area contributed by atoms with Crippen LogP contribution in [0.2, 0.25) is 0 Å². The molecular weight excluding hydrogens is 312 g/mol. The van der Waals surface area contributed by atoms with E-state index in [9.17, 15) is 9.59 Å². The lowest BCUT2D eigenvalue weighted by Crippen LogP contribution is -2.32. The van der Waals surface area contributed by atoms with Gasteiger partial charge in [-0.2, -0.15) is 0 Å². The third-order valence-corrected chi connectivity index (χ3v) is 4.23. The highest BCUT2D eigenvalue weighted by molar-refractivity contribution is 5.94. The van der Waals surface area contributed by atoms with Gasteiger partial charge in [-0.1, -0.05) is 55.0 Å². The SMILES string of the molecule is CCC(CNC(=O)CCNC(=O)c1cccc(C)c1)c1ccccc1. The van der Waals surface area contributed by atoms with Gasteiger partial charge < -0.3 is 10.6 Å². The summed E-state index contributed by atoms with van der Waals surface area (Å²) < 4.78 is 0. The Balaban J connectivity index is 1.72. The van der Waals surface area contributed by atoms with Crippen LogP contribution in [0, 0.1) is 6.92 Å². The molecule has 0 saturated carbocycles. The maximum atomic E-state index is 12.0. The minimum atomic E-state index is -0.146. The fraction of sp³-hybridized carbons (Fsp3) is 0.333. The Kier molecular flexibility index (Phi) is 7.20. The number of amides is 2. The zero-order chi connectivity index (χ0) is 18.1. The first-order valence-electron chi connectivity index (χ1n) is 8.76. The third-order valence-electron chi connectivity index (χ3n) is 4.23. The zero-order valence-electron chi connectivity index (χ0n) is 14.9. The largest absolute Gasteiger partial charge is 0.355 e. The van der Waals surface area contributed by atoms with Crippen LogP contribution in [0.4, 0.5) is 0 Å². The minimum absolute atomic E-state index is 0.0427. The molecule has 0 aliphatic carbocycles. The molecule has 2 aromatic carbocycles. The van der Waals surface area contributed by atoms with Gasteiger partial charge >= 0.3 is 0 Å². The Bertz CT molecular complexity index is 698. The molecule has 2 N–H and O–H groups in total. The van der Waals surface area contributed by atoms with Crippen LogP contribution in [0.1, 0.15) is 47.2 Å². The second-order valence-electron chi connectivity index (χ2n) is 6.20. The second-order valence-corrected chi connectivity index (χ2v) is 6.20. The molecule has 132 valence electrons. The van der Waals surface area contributed by atoms with Gasteiger partial charge in [-0.3, -0.25) is 9.59 Å². The Morgan fingerprint density at radius 2 is 1.76 bits per heavy atom. The summed E-state index contributed by atoms with van der Waals surface area (Å²) in [6, 6.07) is 17.6. The van der Waals surface area contributed by atoms with E-state index in [1.807, 2.05) is 43.3 Å². The van der Waals surface area contributed by atoms with E-state index in [4.69, 9.17) is 0 Å². The first kappa shape index (κ1) is 18.7. The highest BCUT2D eigenvalue weighted by atomic mass is 16.2. The van der Waals surface area contributed by atoms with Crippen molar-refractivity contribution in [3.05, 3.63) is 71.3 Å². The van der Waals surface area contributed by atoms with E-state index in [1.54, 1.807) is 6.07 Å². The molecule has 0 spiro atoms. The molecule has 0 heterocycles. The fourth-order valence-electron chi connectivity index (χ4n) is 2.73. The van der Waals surface area contributed by atoms with Crippen LogP contribution in [0.15, 0.2) is 54.6 Å². The standard InChI is InChI=1S/C21H26N2O2/c1-3-17(18-9-5-4-6-10-18)15-23-20(24)12-13-22-21(25)19-11-7-8-16(2)14-19/h4-11,14,17H,3,12-13,15H2,1-2H3,(H,22,25)(H,23,24). The van der Waals surface area contributed by atoms with E-state index in [0.29, 0.717) is 24.6 Å². The van der Waals surface area contributed by atoms with Crippen molar-refractivity contribution in [2.75, 3.05) is 13.1 Å². The number of benzene rings is 2. The van der Waals surface area contributed by atoms with Crippen LogP contribution in [0.3, 0.4) is 0 Å². The van der Waals surface area contributed by atoms with Gasteiger partial charge in [-0.25, -0.2) is 0 Å². The minimum Gasteiger partial charge on any atom is -0.355 e. The highest BCUT2D eigenvalue weighted by Gasteiger charge is 2.11. The average molecular weight is 338 g/mol. The molecule has 25 heavy (non-hydrogen) atoms. The van der Waals surface area contributed by atoms with Crippen LogP contribution in [0.5, 0.6) is 0 Å². The molecule has 0 fully saturated rings. The molecule has 2 rings (SSSR count). The van der Waals surface area contributed by atoms with Gasteiger partial charge in [0.15, 0.2) is 0 Å². The first-order chi connectivity index (χ1) is 12.1. The van der Waals surface area contributed by atoms with Crippen LogP contribution in [0.25, 0.3) is 0 Å². The van der Waals surface area contributed by atoms with Crippen molar-refractivity contribution >= 4 is 11.8 Å². The first-order valence-corrected chi connectivity index (χ1v) is 8.76. The molecule has 0 aliphatic rings. The zero-order valence-corrected chi connectivity index (χ0v) is 14.9. The van der Waals surface area contributed by atoms with Gasteiger partial charge in [0.25, 0.3) is 5.91 Å². The molecule has 0 bridgehead atoms. The lowest BCUT2D eigenvalue weighted by molar-refractivity contribution is -0.121. The summed E-state index contributed by atoms with van der Waals surface area (Å²) in [5.74, 6) is 0.123. The maximum absolute atomic E-state index is 12.0. The van der Waals surface area contributed by atoms with Gasteiger partial charge in [0.2, 0.25) is 5.91 Å². The number of nitrogens with one attached hydrogen (secondary N) is 2. The van der Waals surface area contributed by atoms with Gasteiger partial charge in [0, 0.05) is 31.0 Å². The molecule has 0 saturated heterocycles. The topological polar surface area (TPSA) is 58.2 Å². The second kappa shape index (κ2) is 9.62. The van der Waals surface area contributed by atoms with E-state index >= 15 is 0 Å². The summed E-state index contributed by atoms with van der Waals surface area (Å²) in [6.07, 6.45) is 1.25. The van der Waals surface area contributed by atoms with Gasteiger partial charge in [-0.05, 0) is 31.0 Å². The molecule has 2 aromatic rings. The smallest absolute Gasteiger partial charge is 0.251 e. The molecular formula is C21H26N2O2. The molecule has 0 aliphatic heterocycles. The molecule has 0 aromatic heterocycles. The van der Waals surface area contributed by atoms with E-state index in [0.717, 1.165) is 12.0 Å². The van der Waals surface area contributed by atoms with E-state index < -0.39 is 0 Å². The number of rotatable bonds is 8. The summed E-state index contributed by atoms with van der Waals surface area (Å²) >= 11 is 0. The highest BCUT2D eigenvalue weighted by Crippen LogP contribution is 2.17. The lowest BCUT2D eigenvalue weighted by Gasteiger charge is -2.16. The number of hydrogen-bond acceptors (Lipinski definition) is 2. The van der Waals surface area contributed by atoms with Gasteiger partial charge in [0.05, 0.1) is 0 Å². The van der Waals surface area contributed by atoms with Crippen molar-refractivity contribution in [1.82, 2.24) is 10.6 Å². The van der Waals surface area contributed by atoms with Crippen molar-refractivity contribution in [2.45, 2.75) is 32.6 Å². The van der Waals surface area contributed by atoms with E-state index in [-0.39, 0.29) is 18.2 Å². The van der Waals surface area contributed by atoms with Crippen LogP contribution >= 0.6 is 0 Å². The summed E-state index contributed by atoms with van der Waals surface area (Å²) in [4.78, 5) is 24.0. The predicted octanol–water partition coefficient (Wildman–Crippen LogP) is 3.42. The Labute approximate surface area is 149 Å². The van der Waals surface area contributed by atoms with Crippen LogP contribution < -0.4 is 10.6 Å². The predicted molar refractivity (Wildman–Crippen MR) is 101 cm³/mol. The Morgan fingerprint density at radius 1 is 1.00 bits per heavy atom. The quantitative estimate of drug-likeness (QED) is 0.775. The summed E-state index contributed by atoms with van der Waals surface area (Å²) in [6.45, 7) is 5.01. The lowest BCUT2D eigenvalue weighted by atomic mass is 9.96. The van der Waals surface area contributed by atoms with Crippen molar-refractivity contribution < 1.29 is 9.59 Å². The molecule has 1 unspecified atom stereocenters. The molecule has 0 radical (unpaired) electrons.